The third-order valence-corrected chi connectivity index (χ3v) is 2.53. The zero-order valence-corrected chi connectivity index (χ0v) is 9.47. The fraction of sp³-hybridized carbons (Fsp3) is 0.364. The molecule has 17 heavy (non-hydrogen) atoms. The number of carbonyl (C=O) groups is 3. The number of ketones is 1. The van der Waals surface area contributed by atoms with Gasteiger partial charge in [-0.15, -0.1) is 0 Å². The van der Waals surface area contributed by atoms with Crippen LogP contribution in [0.3, 0.4) is 0 Å². The molecule has 0 saturated carbocycles. The Kier molecular flexibility index (Phi) is 3.06. The Morgan fingerprint density at radius 2 is 2.00 bits per heavy atom. The summed E-state index contributed by atoms with van der Waals surface area (Å²) in [5, 5.41) is 2.19. The lowest BCUT2D eigenvalue weighted by Crippen LogP contribution is -2.52. The summed E-state index contributed by atoms with van der Waals surface area (Å²) >= 11 is 0. The van der Waals surface area contributed by atoms with Crippen molar-refractivity contribution in [2.45, 2.75) is 0 Å². The molecule has 6 heteroatoms. The SMILES string of the molecule is Cn1ccc(C(=O)CN2CC(=O)NC(=O)C2)c1. The predicted molar refractivity (Wildman–Crippen MR) is 59.3 cm³/mol. The van der Waals surface area contributed by atoms with Crippen molar-refractivity contribution >= 4 is 17.6 Å². The van der Waals surface area contributed by atoms with Crippen LogP contribution in [0.15, 0.2) is 18.5 Å². The highest BCUT2D eigenvalue weighted by Gasteiger charge is 2.24. The van der Waals surface area contributed by atoms with Crippen molar-refractivity contribution in [3.63, 3.8) is 0 Å². The van der Waals surface area contributed by atoms with Gasteiger partial charge in [0.25, 0.3) is 0 Å². The molecule has 0 radical (unpaired) electrons. The molecule has 0 aliphatic carbocycles. The van der Waals surface area contributed by atoms with Gasteiger partial charge < -0.3 is 4.57 Å². The number of aromatic nitrogens is 1. The van der Waals surface area contributed by atoms with Crippen LogP contribution in [-0.2, 0) is 16.6 Å². The Morgan fingerprint density at radius 3 is 2.53 bits per heavy atom. The molecule has 2 rings (SSSR count). The van der Waals surface area contributed by atoms with Crippen molar-refractivity contribution in [2.24, 2.45) is 7.05 Å². The van der Waals surface area contributed by atoms with Gasteiger partial charge in [-0.2, -0.15) is 0 Å². The van der Waals surface area contributed by atoms with Crippen LogP contribution in [0.25, 0.3) is 0 Å². The van der Waals surface area contributed by atoms with Crippen LogP contribution in [0.4, 0.5) is 0 Å². The quantitative estimate of drug-likeness (QED) is 0.548. The molecule has 1 aromatic rings. The predicted octanol–water partition coefficient (Wildman–Crippen LogP) is -0.834. The van der Waals surface area contributed by atoms with Crippen LogP contribution >= 0.6 is 0 Å². The molecule has 1 aliphatic heterocycles. The lowest BCUT2D eigenvalue weighted by Gasteiger charge is -2.24. The lowest BCUT2D eigenvalue weighted by atomic mass is 10.2. The highest BCUT2D eigenvalue weighted by atomic mass is 16.2. The maximum atomic E-state index is 11.8. The zero-order chi connectivity index (χ0) is 12.4. The molecule has 0 bridgehead atoms. The van der Waals surface area contributed by atoms with E-state index in [0.717, 1.165) is 0 Å². The van der Waals surface area contributed by atoms with Gasteiger partial charge in [0.15, 0.2) is 5.78 Å². The molecule has 1 saturated heterocycles. The Hall–Kier alpha value is -1.95. The van der Waals surface area contributed by atoms with E-state index in [2.05, 4.69) is 5.32 Å². The third kappa shape index (κ3) is 2.79. The van der Waals surface area contributed by atoms with Crippen LogP contribution in [0.5, 0.6) is 0 Å². The highest BCUT2D eigenvalue weighted by Crippen LogP contribution is 2.04. The number of nitrogens with one attached hydrogen (secondary N) is 1. The Morgan fingerprint density at radius 1 is 1.35 bits per heavy atom. The number of amides is 2. The molecule has 1 fully saturated rings. The summed E-state index contributed by atoms with van der Waals surface area (Å²) in [6.45, 7) is 0.262. The molecular weight excluding hydrogens is 222 g/mol. The molecule has 0 unspecified atom stereocenters. The van der Waals surface area contributed by atoms with Gasteiger partial charge in [0, 0.05) is 25.0 Å². The van der Waals surface area contributed by atoms with Crippen LogP contribution < -0.4 is 5.32 Å². The molecular formula is C11H13N3O3. The Labute approximate surface area is 98.2 Å². The second kappa shape index (κ2) is 4.50. The van der Waals surface area contributed by atoms with Crippen LogP contribution in [0, 0.1) is 0 Å². The summed E-state index contributed by atoms with van der Waals surface area (Å²) in [5.74, 6) is -0.808. The third-order valence-electron chi connectivity index (χ3n) is 2.53. The number of rotatable bonds is 3. The van der Waals surface area contributed by atoms with Gasteiger partial charge in [0.1, 0.15) is 0 Å². The Bertz CT molecular complexity index is 462. The van der Waals surface area contributed by atoms with Gasteiger partial charge in [-0.3, -0.25) is 24.6 Å². The number of piperazine rings is 1. The molecule has 2 heterocycles. The monoisotopic (exact) mass is 235 g/mol. The molecule has 0 atom stereocenters. The molecule has 1 aliphatic rings. The first-order valence-electron chi connectivity index (χ1n) is 5.25. The second-order valence-corrected chi connectivity index (χ2v) is 4.11. The first-order chi connectivity index (χ1) is 8.04. The topological polar surface area (TPSA) is 71.4 Å². The molecule has 90 valence electrons. The molecule has 1 aromatic heterocycles. The number of carbonyl (C=O) groups excluding carboxylic acids is 3. The smallest absolute Gasteiger partial charge is 0.240 e. The Balaban J connectivity index is 1.99. The van der Waals surface area contributed by atoms with E-state index in [-0.39, 0.29) is 37.2 Å². The maximum Gasteiger partial charge on any atom is 0.240 e. The fourth-order valence-corrected chi connectivity index (χ4v) is 1.77. The normalized spacial score (nSPS) is 17.0. The fourth-order valence-electron chi connectivity index (χ4n) is 1.77. The van der Waals surface area contributed by atoms with E-state index in [1.165, 1.54) is 4.90 Å². The molecule has 2 amide bonds. The van der Waals surface area contributed by atoms with Crippen LogP contribution in [0.2, 0.25) is 0 Å². The van der Waals surface area contributed by atoms with E-state index in [9.17, 15) is 14.4 Å². The summed E-state index contributed by atoms with van der Waals surface area (Å²) in [7, 11) is 1.83. The number of nitrogens with zero attached hydrogens (tertiary/aromatic N) is 2. The summed E-state index contributed by atoms with van der Waals surface area (Å²) in [6.07, 6.45) is 3.50. The minimum absolute atomic E-state index is 0.0865. The summed E-state index contributed by atoms with van der Waals surface area (Å²) in [4.78, 5) is 35.6. The van der Waals surface area contributed by atoms with Gasteiger partial charge in [-0.05, 0) is 6.07 Å². The number of hydrogen-bond acceptors (Lipinski definition) is 4. The number of aryl methyl sites for hydroxylation is 1. The summed E-state index contributed by atoms with van der Waals surface area (Å²) in [6, 6.07) is 1.72. The number of imide groups is 1. The van der Waals surface area contributed by atoms with Crippen molar-refractivity contribution in [3.05, 3.63) is 24.0 Å². The average molecular weight is 235 g/mol. The van der Waals surface area contributed by atoms with E-state index in [0.29, 0.717) is 5.56 Å². The maximum absolute atomic E-state index is 11.8. The van der Waals surface area contributed by atoms with Crippen molar-refractivity contribution in [1.82, 2.24) is 14.8 Å². The first kappa shape index (κ1) is 11.5. The number of hydrogen-bond donors (Lipinski definition) is 1. The minimum Gasteiger partial charge on any atom is -0.357 e. The van der Waals surface area contributed by atoms with Crippen molar-refractivity contribution in [3.8, 4) is 0 Å². The molecule has 0 spiro atoms. The van der Waals surface area contributed by atoms with E-state index in [1.807, 2.05) is 7.05 Å². The van der Waals surface area contributed by atoms with Gasteiger partial charge >= 0.3 is 0 Å². The largest absolute Gasteiger partial charge is 0.357 e. The van der Waals surface area contributed by atoms with Gasteiger partial charge in [-0.25, -0.2) is 0 Å². The van der Waals surface area contributed by atoms with Crippen LogP contribution in [-0.4, -0.2) is 46.7 Å². The van der Waals surface area contributed by atoms with Gasteiger partial charge in [0.2, 0.25) is 11.8 Å². The van der Waals surface area contributed by atoms with Crippen molar-refractivity contribution in [2.75, 3.05) is 19.6 Å². The summed E-state index contributed by atoms with van der Waals surface area (Å²) < 4.78 is 1.78. The summed E-state index contributed by atoms with van der Waals surface area (Å²) in [5.41, 5.74) is 0.589. The van der Waals surface area contributed by atoms with E-state index in [1.54, 1.807) is 23.0 Å². The van der Waals surface area contributed by atoms with E-state index >= 15 is 0 Å². The van der Waals surface area contributed by atoms with Crippen molar-refractivity contribution < 1.29 is 14.4 Å². The second-order valence-electron chi connectivity index (χ2n) is 4.11. The number of Topliss-reactive ketones (excluding diaryl/α,β-unsaturated/α-hetero) is 1. The zero-order valence-electron chi connectivity index (χ0n) is 9.47. The highest BCUT2D eigenvalue weighted by molar-refractivity contribution is 6.01. The van der Waals surface area contributed by atoms with Crippen LogP contribution in [0.1, 0.15) is 10.4 Å². The standard InChI is InChI=1S/C11H13N3O3/c1-13-3-2-8(4-13)9(15)5-14-6-10(16)12-11(17)7-14/h2-4H,5-7H2,1H3,(H,12,16,17). The van der Waals surface area contributed by atoms with E-state index in [4.69, 9.17) is 0 Å². The minimum atomic E-state index is -0.359. The lowest BCUT2D eigenvalue weighted by molar-refractivity contribution is -0.135. The average Bonchev–Trinajstić information content (AvgIpc) is 2.63. The molecule has 1 N–H and O–H groups in total. The van der Waals surface area contributed by atoms with Crippen molar-refractivity contribution in [1.29, 1.82) is 0 Å². The molecule has 6 nitrogen and oxygen atoms in total. The first-order valence-corrected chi connectivity index (χ1v) is 5.25. The van der Waals surface area contributed by atoms with Gasteiger partial charge in [-0.1, -0.05) is 0 Å². The van der Waals surface area contributed by atoms with E-state index < -0.39 is 0 Å². The van der Waals surface area contributed by atoms with Gasteiger partial charge in [0.05, 0.1) is 19.6 Å². The molecule has 0 aromatic carbocycles.